The quantitative estimate of drug-likeness (QED) is 0.851. The van der Waals surface area contributed by atoms with Crippen LogP contribution < -0.4 is 16.3 Å². The monoisotopic (exact) mass is 273 g/mol. The minimum atomic E-state index is -2.62. The second kappa shape index (κ2) is 6.18. The fourth-order valence-electron chi connectivity index (χ4n) is 2.16. The minimum absolute atomic E-state index is 0.0359. The van der Waals surface area contributed by atoms with Crippen LogP contribution in [0.25, 0.3) is 0 Å². The van der Waals surface area contributed by atoms with E-state index in [9.17, 15) is 4.57 Å². The number of rotatable bonds is 5. The van der Waals surface area contributed by atoms with Crippen LogP contribution in [-0.2, 0) is 4.57 Å². The molecule has 2 N–H and O–H groups in total. The second-order valence-electron chi connectivity index (χ2n) is 4.76. The maximum absolute atomic E-state index is 13.5. The third-order valence-electron chi connectivity index (χ3n) is 3.36. The molecule has 19 heavy (non-hydrogen) atoms. The molecule has 0 amide bonds. The molecule has 1 unspecified atom stereocenters. The fraction of sp³-hybridized carbons (Fsp3) is 0.250. The average Bonchev–Trinajstić information content (AvgIpc) is 2.48. The second-order valence-corrected chi connectivity index (χ2v) is 7.64. The summed E-state index contributed by atoms with van der Waals surface area (Å²) in [6, 6.07) is 19.3. The molecule has 100 valence electrons. The molecule has 0 saturated carbocycles. The van der Waals surface area contributed by atoms with Gasteiger partial charge >= 0.3 is 0 Å². The zero-order valence-corrected chi connectivity index (χ0v) is 12.1. The molecule has 0 spiro atoms. The van der Waals surface area contributed by atoms with Crippen LogP contribution in [0.15, 0.2) is 60.7 Å². The first-order valence-electron chi connectivity index (χ1n) is 6.62. The van der Waals surface area contributed by atoms with Gasteiger partial charge in [0.05, 0.1) is 0 Å². The SMILES string of the molecule is CCC(N)CP(=O)(c1ccccc1)c1ccccc1. The molecular weight excluding hydrogens is 253 g/mol. The lowest BCUT2D eigenvalue weighted by molar-refractivity contribution is 0.579. The summed E-state index contributed by atoms with van der Waals surface area (Å²) in [4.78, 5) is 0. The molecule has 0 heterocycles. The van der Waals surface area contributed by atoms with Gasteiger partial charge in [-0.05, 0) is 6.42 Å². The first-order chi connectivity index (χ1) is 9.16. The van der Waals surface area contributed by atoms with E-state index < -0.39 is 7.14 Å². The molecule has 0 aliphatic heterocycles. The van der Waals surface area contributed by atoms with Gasteiger partial charge in [0, 0.05) is 22.8 Å². The topological polar surface area (TPSA) is 43.1 Å². The summed E-state index contributed by atoms with van der Waals surface area (Å²) in [7, 11) is -2.62. The van der Waals surface area contributed by atoms with Gasteiger partial charge in [-0.15, -0.1) is 0 Å². The molecule has 0 radical (unpaired) electrons. The van der Waals surface area contributed by atoms with Crippen LogP contribution >= 0.6 is 7.14 Å². The van der Waals surface area contributed by atoms with E-state index in [1.165, 1.54) is 0 Å². The highest BCUT2D eigenvalue weighted by molar-refractivity contribution is 7.78. The molecule has 0 aliphatic carbocycles. The summed E-state index contributed by atoms with van der Waals surface area (Å²) in [6.45, 7) is 2.03. The molecule has 2 aromatic carbocycles. The zero-order valence-electron chi connectivity index (χ0n) is 11.2. The van der Waals surface area contributed by atoms with Gasteiger partial charge in [0.1, 0.15) is 7.14 Å². The van der Waals surface area contributed by atoms with Gasteiger partial charge in [0.15, 0.2) is 0 Å². The number of nitrogens with two attached hydrogens (primary N) is 1. The molecular formula is C16H20NOP. The number of hydrogen-bond acceptors (Lipinski definition) is 2. The lowest BCUT2D eigenvalue weighted by Crippen LogP contribution is -2.30. The largest absolute Gasteiger partial charge is 0.327 e. The molecule has 0 saturated heterocycles. The highest BCUT2D eigenvalue weighted by Crippen LogP contribution is 2.43. The van der Waals surface area contributed by atoms with Gasteiger partial charge in [-0.1, -0.05) is 67.6 Å². The first kappa shape index (κ1) is 14.0. The van der Waals surface area contributed by atoms with Crippen LogP contribution in [0.5, 0.6) is 0 Å². The Morgan fingerprint density at radius 2 is 1.37 bits per heavy atom. The van der Waals surface area contributed by atoms with E-state index in [0.717, 1.165) is 17.0 Å². The van der Waals surface area contributed by atoms with Gasteiger partial charge in [0.2, 0.25) is 0 Å². The molecule has 2 rings (SSSR count). The van der Waals surface area contributed by atoms with Crippen LogP contribution in [-0.4, -0.2) is 12.2 Å². The van der Waals surface area contributed by atoms with Crippen molar-refractivity contribution in [3.05, 3.63) is 60.7 Å². The van der Waals surface area contributed by atoms with Crippen molar-refractivity contribution in [1.82, 2.24) is 0 Å². The Bertz CT molecular complexity index is 510. The van der Waals surface area contributed by atoms with Crippen molar-refractivity contribution in [1.29, 1.82) is 0 Å². The summed E-state index contributed by atoms with van der Waals surface area (Å²) in [5.41, 5.74) is 6.06. The molecule has 2 aromatic rings. The third kappa shape index (κ3) is 3.15. The van der Waals surface area contributed by atoms with Gasteiger partial charge in [-0.2, -0.15) is 0 Å². The lowest BCUT2D eigenvalue weighted by Gasteiger charge is -2.22. The Labute approximate surface area is 115 Å². The van der Waals surface area contributed by atoms with Crippen molar-refractivity contribution in [2.45, 2.75) is 19.4 Å². The minimum Gasteiger partial charge on any atom is -0.327 e. The Hall–Kier alpha value is -1.37. The molecule has 0 bridgehead atoms. The highest BCUT2D eigenvalue weighted by atomic mass is 31.2. The third-order valence-corrected chi connectivity index (χ3v) is 6.61. The van der Waals surface area contributed by atoms with E-state index in [1.54, 1.807) is 0 Å². The predicted molar refractivity (Wildman–Crippen MR) is 82.9 cm³/mol. The lowest BCUT2D eigenvalue weighted by atomic mass is 10.3. The number of benzene rings is 2. The van der Waals surface area contributed by atoms with Crippen LogP contribution in [0.4, 0.5) is 0 Å². The van der Waals surface area contributed by atoms with Crippen molar-refractivity contribution in [2.75, 3.05) is 6.16 Å². The van der Waals surface area contributed by atoms with Crippen LogP contribution in [0.3, 0.4) is 0 Å². The summed E-state index contributed by atoms with van der Waals surface area (Å²) in [5, 5.41) is 1.79. The molecule has 3 heteroatoms. The zero-order chi connectivity index (χ0) is 13.7. The van der Waals surface area contributed by atoms with Crippen molar-refractivity contribution in [3.8, 4) is 0 Å². The van der Waals surface area contributed by atoms with E-state index in [1.807, 2.05) is 67.6 Å². The Balaban J connectivity index is 2.48. The van der Waals surface area contributed by atoms with E-state index in [0.29, 0.717) is 6.16 Å². The molecule has 0 fully saturated rings. The van der Waals surface area contributed by atoms with E-state index >= 15 is 0 Å². The van der Waals surface area contributed by atoms with Crippen LogP contribution in [0.1, 0.15) is 13.3 Å². The van der Waals surface area contributed by atoms with Crippen molar-refractivity contribution in [2.24, 2.45) is 5.73 Å². The first-order valence-corrected chi connectivity index (χ1v) is 8.52. The van der Waals surface area contributed by atoms with Crippen molar-refractivity contribution < 1.29 is 4.57 Å². The summed E-state index contributed by atoms with van der Waals surface area (Å²) >= 11 is 0. The van der Waals surface area contributed by atoms with E-state index in [4.69, 9.17) is 5.73 Å². The van der Waals surface area contributed by atoms with Crippen molar-refractivity contribution in [3.63, 3.8) is 0 Å². The summed E-state index contributed by atoms with van der Waals surface area (Å²) < 4.78 is 13.5. The van der Waals surface area contributed by atoms with Crippen LogP contribution in [0.2, 0.25) is 0 Å². The Morgan fingerprint density at radius 1 is 0.947 bits per heavy atom. The van der Waals surface area contributed by atoms with Gasteiger partial charge in [-0.3, -0.25) is 0 Å². The predicted octanol–water partition coefficient (Wildman–Crippen LogP) is 2.74. The standard InChI is InChI=1S/C16H20NOP/c1-2-14(17)13-19(18,15-9-5-3-6-10-15)16-11-7-4-8-12-16/h3-12,14H,2,13,17H2,1H3. The van der Waals surface area contributed by atoms with Gasteiger partial charge in [0.25, 0.3) is 0 Å². The molecule has 0 aliphatic rings. The van der Waals surface area contributed by atoms with E-state index in [2.05, 4.69) is 0 Å². The Morgan fingerprint density at radius 3 is 1.74 bits per heavy atom. The summed E-state index contributed by atoms with van der Waals surface area (Å²) in [6.07, 6.45) is 1.36. The Kier molecular flexibility index (Phi) is 4.57. The van der Waals surface area contributed by atoms with Gasteiger partial charge < -0.3 is 10.3 Å². The normalized spacial score (nSPS) is 13.2. The fourth-order valence-corrected chi connectivity index (χ4v) is 5.10. The van der Waals surface area contributed by atoms with Crippen molar-refractivity contribution >= 4 is 17.8 Å². The smallest absolute Gasteiger partial charge is 0.144 e. The maximum Gasteiger partial charge on any atom is 0.144 e. The molecule has 0 aromatic heterocycles. The molecule has 1 atom stereocenters. The maximum atomic E-state index is 13.5. The molecule has 2 nitrogen and oxygen atoms in total. The highest BCUT2D eigenvalue weighted by Gasteiger charge is 2.28. The van der Waals surface area contributed by atoms with Gasteiger partial charge in [-0.25, -0.2) is 0 Å². The summed E-state index contributed by atoms with van der Waals surface area (Å²) in [5.74, 6) is 0. The average molecular weight is 273 g/mol. The van der Waals surface area contributed by atoms with E-state index in [-0.39, 0.29) is 6.04 Å². The van der Waals surface area contributed by atoms with Crippen LogP contribution in [0, 0.1) is 0 Å². The number of hydrogen-bond donors (Lipinski definition) is 1.